The minimum atomic E-state index is -0.326. The van der Waals surface area contributed by atoms with E-state index in [1.807, 2.05) is 0 Å². The lowest BCUT2D eigenvalue weighted by molar-refractivity contribution is 0.0950. The number of benzene rings is 2. The standard InChI is InChI=1S/C20H18F2N2O2S/c1-13-19(27-18(24-13)12-14-2-4-15(21)5-3-14)20(25)23-10-11-26-17-8-6-16(22)7-9-17/h2-9H,10-12H2,1H3,(H,23,25). The second-order valence-electron chi connectivity index (χ2n) is 5.88. The summed E-state index contributed by atoms with van der Waals surface area (Å²) < 4.78 is 31.3. The van der Waals surface area contributed by atoms with Gasteiger partial charge in [0.2, 0.25) is 0 Å². The van der Waals surface area contributed by atoms with Gasteiger partial charge in [0.15, 0.2) is 0 Å². The Kier molecular flexibility index (Phi) is 6.13. The fraction of sp³-hybridized carbons (Fsp3) is 0.200. The van der Waals surface area contributed by atoms with Crippen LogP contribution in [-0.2, 0) is 6.42 Å². The summed E-state index contributed by atoms with van der Waals surface area (Å²) in [6.45, 7) is 2.38. The van der Waals surface area contributed by atoms with E-state index in [4.69, 9.17) is 4.74 Å². The molecule has 0 fully saturated rings. The highest BCUT2D eigenvalue weighted by Crippen LogP contribution is 2.21. The van der Waals surface area contributed by atoms with Crippen molar-refractivity contribution in [3.05, 3.63) is 81.3 Å². The van der Waals surface area contributed by atoms with Crippen LogP contribution in [0.3, 0.4) is 0 Å². The van der Waals surface area contributed by atoms with Crippen molar-refractivity contribution >= 4 is 17.2 Å². The van der Waals surface area contributed by atoms with Gasteiger partial charge >= 0.3 is 0 Å². The molecule has 140 valence electrons. The molecule has 1 heterocycles. The van der Waals surface area contributed by atoms with E-state index in [1.54, 1.807) is 19.1 Å². The minimum absolute atomic E-state index is 0.210. The molecule has 1 N–H and O–H groups in total. The van der Waals surface area contributed by atoms with E-state index in [0.29, 0.717) is 29.3 Å². The van der Waals surface area contributed by atoms with E-state index in [9.17, 15) is 13.6 Å². The highest BCUT2D eigenvalue weighted by molar-refractivity contribution is 7.13. The maximum Gasteiger partial charge on any atom is 0.263 e. The van der Waals surface area contributed by atoms with Crippen molar-refractivity contribution < 1.29 is 18.3 Å². The van der Waals surface area contributed by atoms with Crippen LogP contribution in [0.4, 0.5) is 8.78 Å². The summed E-state index contributed by atoms with van der Waals surface area (Å²) in [5, 5.41) is 3.59. The smallest absolute Gasteiger partial charge is 0.263 e. The van der Waals surface area contributed by atoms with Gasteiger partial charge in [0, 0.05) is 6.42 Å². The number of amides is 1. The number of rotatable bonds is 7. The van der Waals surface area contributed by atoms with E-state index in [-0.39, 0.29) is 24.1 Å². The normalized spacial score (nSPS) is 10.6. The molecule has 1 amide bonds. The number of hydrogen-bond acceptors (Lipinski definition) is 4. The molecule has 0 saturated heterocycles. The lowest BCUT2D eigenvalue weighted by Gasteiger charge is -2.07. The molecule has 3 aromatic rings. The predicted molar refractivity (Wildman–Crippen MR) is 100 cm³/mol. The van der Waals surface area contributed by atoms with Crippen LogP contribution in [0.25, 0.3) is 0 Å². The second kappa shape index (κ2) is 8.73. The SMILES string of the molecule is Cc1nc(Cc2ccc(F)cc2)sc1C(=O)NCCOc1ccc(F)cc1. The zero-order valence-corrected chi connectivity index (χ0v) is 15.5. The molecule has 7 heteroatoms. The Morgan fingerprint density at radius 3 is 2.37 bits per heavy atom. The molecule has 1 aromatic heterocycles. The molecular formula is C20H18F2N2O2S. The van der Waals surface area contributed by atoms with Crippen molar-refractivity contribution in [1.82, 2.24) is 10.3 Å². The number of aromatic nitrogens is 1. The van der Waals surface area contributed by atoms with Gasteiger partial charge in [0.1, 0.15) is 28.9 Å². The molecule has 2 aromatic carbocycles. The van der Waals surface area contributed by atoms with E-state index >= 15 is 0 Å². The van der Waals surface area contributed by atoms with Gasteiger partial charge in [-0.25, -0.2) is 13.8 Å². The van der Waals surface area contributed by atoms with Gasteiger partial charge in [-0.2, -0.15) is 0 Å². The number of hydrogen-bond donors (Lipinski definition) is 1. The average molecular weight is 388 g/mol. The van der Waals surface area contributed by atoms with Crippen LogP contribution in [-0.4, -0.2) is 24.0 Å². The first-order chi connectivity index (χ1) is 13.0. The summed E-state index contributed by atoms with van der Waals surface area (Å²) >= 11 is 1.32. The highest BCUT2D eigenvalue weighted by Gasteiger charge is 2.15. The zero-order chi connectivity index (χ0) is 19.2. The van der Waals surface area contributed by atoms with Crippen molar-refractivity contribution in [3.63, 3.8) is 0 Å². The summed E-state index contributed by atoms with van der Waals surface area (Å²) in [5.74, 6) is -0.274. The predicted octanol–water partition coefficient (Wildman–Crippen LogP) is 4.13. The lowest BCUT2D eigenvalue weighted by Crippen LogP contribution is -2.27. The second-order valence-corrected chi connectivity index (χ2v) is 6.97. The molecular weight excluding hydrogens is 370 g/mol. The number of nitrogens with zero attached hydrogens (tertiary/aromatic N) is 1. The molecule has 0 bridgehead atoms. The maximum atomic E-state index is 13.0. The monoisotopic (exact) mass is 388 g/mol. The molecule has 0 atom stereocenters. The number of halogens is 2. The van der Waals surface area contributed by atoms with E-state index in [1.165, 1.54) is 47.7 Å². The van der Waals surface area contributed by atoms with Crippen LogP contribution < -0.4 is 10.1 Å². The first-order valence-corrected chi connectivity index (χ1v) is 9.20. The molecule has 0 spiro atoms. The topological polar surface area (TPSA) is 51.2 Å². The number of aryl methyl sites for hydroxylation is 1. The lowest BCUT2D eigenvalue weighted by atomic mass is 10.1. The first kappa shape index (κ1) is 19.0. The van der Waals surface area contributed by atoms with Crippen LogP contribution in [0.1, 0.15) is 25.9 Å². The zero-order valence-electron chi connectivity index (χ0n) is 14.7. The third kappa shape index (κ3) is 5.34. The summed E-state index contributed by atoms with van der Waals surface area (Å²) in [4.78, 5) is 17.3. The van der Waals surface area contributed by atoms with Gasteiger partial charge in [-0.3, -0.25) is 4.79 Å². The van der Waals surface area contributed by atoms with E-state index in [2.05, 4.69) is 10.3 Å². The number of carbonyl (C=O) groups excluding carboxylic acids is 1. The number of nitrogens with one attached hydrogen (secondary N) is 1. The Morgan fingerprint density at radius 2 is 1.70 bits per heavy atom. The van der Waals surface area contributed by atoms with Crippen molar-refractivity contribution in [2.24, 2.45) is 0 Å². The molecule has 0 aliphatic heterocycles. The van der Waals surface area contributed by atoms with Crippen molar-refractivity contribution in [2.45, 2.75) is 13.3 Å². The van der Waals surface area contributed by atoms with Crippen LogP contribution in [0.15, 0.2) is 48.5 Å². The summed E-state index contributed by atoms with van der Waals surface area (Å²) in [7, 11) is 0. The molecule has 0 radical (unpaired) electrons. The summed E-state index contributed by atoms with van der Waals surface area (Å²) in [6.07, 6.45) is 0.548. The largest absolute Gasteiger partial charge is 0.492 e. The fourth-order valence-corrected chi connectivity index (χ4v) is 3.48. The molecule has 0 saturated carbocycles. The van der Waals surface area contributed by atoms with Gasteiger partial charge in [0.25, 0.3) is 5.91 Å². The Balaban J connectivity index is 1.51. The third-order valence-corrected chi connectivity index (χ3v) is 4.94. The van der Waals surface area contributed by atoms with E-state index in [0.717, 1.165) is 10.6 Å². The molecule has 0 unspecified atom stereocenters. The van der Waals surface area contributed by atoms with Crippen molar-refractivity contribution in [1.29, 1.82) is 0 Å². The van der Waals surface area contributed by atoms with Crippen LogP contribution in [0.2, 0.25) is 0 Å². The molecule has 27 heavy (non-hydrogen) atoms. The minimum Gasteiger partial charge on any atom is -0.492 e. The average Bonchev–Trinajstić information content (AvgIpc) is 3.02. The maximum absolute atomic E-state index is 13.0. The van der Waals surface area contributed by atoms with Gasteiger partial charge in [-0.1, -0.05) is 12.1 Å². The quantitative estimate of drug-likeness (QED) is 0.619. The first-order valence-electron chi connectivity index (χ1n) is 8.38. The number of thiazole rings is 1. The Bertz CT molecular complexity index is 909. The fourth-order valence-electron chi connectivity index (χ4n) is 2.46. The molecule has 4 nitrogen and oxygen atoms in total. The van der Waals surface area contributed by atoms with E-state index < -0.39 is 0 Å². The van der Waals surface area contributed by atoms with Gasteiger partial charge < -0.3 is 10.1 Å². The van der Waals surface area contributed by atoms with Gasteiger partial charge in [0.05, 0.1) is 17.2 Å². The van der Waals surface area contributed by atoms with Crippen LogP contribution in [0, 0.1) is 18.6 Å². The molecule has 0 aliphatic rings. The summed E-state index contributed by atoms with van der Waals surface area (Å²) in [5.41, 5.74) is 1.60. The molecule has 3 rings (SSSR count). The third-order valence-electron chi connectivity index (χ3n) is 3.79. The number of carbonyl (C=O) groups is 1. The summed E-state index contributed by atoms with van der Waals surface area (Å²) in [6, 6.07) is 11.9. The van der Waals surface area contributed by atoms with Crippen molar-refractivity contribution in [2.75, 3.05) is 13.2 Å². The Hall–Kier alpha value is -2.80. The van der Waals surface area contributed by atoms with Crippen LogP contribution in [0.5, 0.6) is 5.75 Å². The Labute approximate surface area is 159 Å². The van der Waals surface area contributed by atoms with Crippen molar-refractivity contribution in [3.8, 4) is 5.75 Å². The van der Waals surface area contributed by atoms with Gasteiger partial charge in [-0.15, -0.1) is 11.3 Å². The molecule has 0 aliphatic carbocycles. The number of ether oxygens (including phenoxy) is 1. The Morgan fingerprint density at radius 1 is 1.07 bits per heavy atom. The van der Waals surface area contributed by atoms with Gasteiger partial charge in [-0.05, 0) is 48.9 Å². The highest BCUT2D eigenvalue weighted by atomic mass is 32.1. The van der Waals surface area contributed by atoms with Crippen LogP contribution >= 0.6 is 11.3 Å².